The minimum absolute atomic E-state index is 0.124. The summed E-state index contributed by atoms with van der Waals surface area (Å²) in [7, 11) is 0. The van der Waals surface area contributed by atoms with Gasteiger partial charge in [-0.25, -0.2) is 0 Å². The molecule has 2 unspecified atom stereocenters. The summed E-state index contributed by atoms with van der Waals surface area (Å²) < 4.78 is 0. The topological polar surface area (TPSA) is 68.0 Å². The third-order valence-electron chi connectivity index (χ3n) is 3.28. The van der Waals surface area contributed by atoms with Crippen LogP contribution in [-0.4, -0.2) is 23.5 Å². The molecule has 1 fully saturated rings. The van der Waals surface area contributed by atoms with Gasteiger partial charge in [0.05, 0.1) is 0 Å². The zero-order valence-corrected chi connectivity index (χ0v) is 9.93. The lowest BCUT2D eigenvalue weighted by atomic mass is 10.1. The van der Waals surface area contributed by atoms with Crippen molar-refractivity contribution in [3.05, 3.63) is 30.1 Å². The molecule has 0 radical (unpaired) electrons. The molecule has 3 N–H and O–H groups in total. The first-order chi connectivity index (χ1) is 8.25. The molecule has 0 aliphatic heterocycles. The lowest BCUT2D eigenvalue weighted by molar-refractivity contribution is -0.124. The quantitative estimate of drug-likeness (QED) is 0.810. The Bertz CT molecular complexity index is 366. The van der Waals surface area contributed by atoms with Gasteiger partial charge in [0.25, 0.3) is 0 Å². The molecule has 17 heavy (non-hydrogen) atoms. The van der Waals surface area contributed by atoms with Gasteiger partial charge < -0.3 is 11.1 Å². The van der Waals surface area contributed by atoms with Crippen LogP contribution in [0.4, 0.5) is 0 Å². The molecular weight excluding hydrogens is 214 g/mol. The number of amides is 1. The predicted molar refractivity (Wildman–Crippen MR) is 66.3 cm³/mol. The van der Waals surface area contributed by atoms with Gasteiger partial charge in [-0.3, -0.25) is 9.78 Å². The highest BCUT2D eigenvalue weighted by Crippen LogP contribution is 2.23. The first kappa shape index (κ1) is 12.0. The summed E-state index contributed by atoms with van der Waals surface area (Å²) in [4.78, 5) is 15.8. The van der Waals surface area contributed by atoms with Crippen LogP contribution in [0.1, 0.15) is 24.8 Å². The molecule has 1 heterocycles. The monoisotopic (exact) mass is 233 g/mol. The molecule has 0 saturated heterocycles. The van der Waals surface area contributed by atoms with Gasteiger partial charge in [0, 0.05) is 30.9 Å². The van der Waals surface area contributed by atoms with Crippen LogP contribution in [0.15, 0.2) is 24.5 Å². The van der Waals surface area contributed by atoms with Crippen LogP contribution in [0.5, 0.6) is 0 Å². The first-order valence-corrected chi connectivity index (χ1v) is 6.18. The van der Waals surface area contributed by atoms with Crippen molar-refractivity contribution >= 4 is 5.91 Å². The van der Waals surface area contributed by atoms with Crippen molar-refractivity contribution in [2.45, 2.75) is 31.7 Å². The molecule has 1 saturated carbocycles. The summed E-state index contributed by atoms with van der Waals surface area (Å²) in [6.45, 7) is 0.677. The van der Waals surface area contributed by atoms with Crippen molar-refractivity contribution in [1.82, 2.24) is 10.3 Å². The number of nitrogens with zero attached hydrogens (tertiary/aromatic N) is 1. The Morgan fingerprint density at radius 2 is 2.41 bits per heavy atom. The van der Waals surface area contributed by atoms with Crippen molar-refractivity contribution in [2.24, 2.45) is 11.7 Å². The first-order valence-electron chi connectivity index (χ1n) is 6.18. The Kier molecular flexibility index (Phi) is 4.09. The third-order valence-corrected chi connectivity index (χ3v) is 3.28. The summed E-state index contributed by atoms with van der Waals surface area (Å²) in [5.74, 6) is 0.278. The van der Waals surface area contributed by atoms with Gasteiger partial charge in [-0.15, -0.1) is 0 Å². The number of hydrogen-bond acceptors (Lipinski definition) is 3. The molecular formula is C13H19N3O. The molecule has 92 valence electrons. The molecule has 2 atom stereocenters. The predicted octanol–water partition coefficient (Wildman–Crippen LogP) is 0.868. The molecule has 2 rings (SSSR count). The van der Waals surface area contributed by atoms with Crippen LogP contribution in [-0.2, 0) is 11.2 Å². The largest absolute Gasteiger partial charge is 0.356 e. The summed E-state index contributed by atoms with van der Waals surface area (Å²) in [6.07, 6.45) is 7.15. The Hall–Kier alpha value is -1.42. The maximum absolute atomic E-state index is 11.8. The standard InChI is InChI=1S/C13H19N3O/c14-12-4-3-11(8-12)13(17)16-7-5-10-2-1-6-15-9-10/h1-2,6,9,11-12H,3-5,7-8,14H2,(H,16,17). The molecule has 1 aromatic heterocycles. The van der Waals surface area contributed by atoms with E-state index >= 15 is 0 Å². The molecule has 0 spiro atoms. The summed E-state index contributed by atoms with van der Waals surface area (Å²) >= 11 is 0. The number of carbonyl (C=O) groups is 1. The van der Waals surface area contributed by atoms with Crippen molar-refractivity contribution < 1.29 is 4.79 Å². The van der Waals surface area contributed by atoms with Crippen molar-refractivity contribution in [1.29, 1.82) is 0 Å². The fourth-order valence-corrected chi connectivity index (χ4v) is 2.27. The zero-order chi connectivity index (χ0) is 12.1. The minimum Gasteiger partial charge on any atom is -0.356 e. The highest BCUT2D eigenvalue weighted by Gasteiger charge is 2.27. The van der Waals surface area contributed by atoms with Gasteiger partial charge in [0.1, 0.15) is 0 Å². The fraction of sp³-hybridized carbons (Fsp3) is 0.538. The molecule has 0 bridgehead atoms. The second kappa shape index (κ2) is 5.77. The number of carbonyl (C=O) groups excluding carboxylic acids is 1. The van der Waals surface area contributed by atoms with E-state index in [-0.39, 0.29) is 17.9 Å². The zero-order valence-electron chi connectivity index (χ0n) is 9.93. The molecule has 4 nitrogen and oxygen atoms in total. The van der Waals surface area contributed by atoms with E-state index in [0.717, 1.165) is 31.2 Å². The van der Waals surface area contributed by atoms with E-state index in [9.17, 15) is 4.79 Å². The number of nitrogens with two attached hydrogens (primary N) is 1. The van der Waals surface area contributed by atoms with Crippen LogP contribution >= 0.6 is 0 Å². The lowest BCUT2D eigenvalue weighted by Gasteiger charge is -2.10. The van der Waals surface area contributed by atoms with Crippen LogP contribution in [0.2, 0.25) is 0 Å². The van der Waals surface area contributed by atoms with Crippen molar-refractivity contribution in [2.75, 3.05) is 6.54 Å². The van der Waals surface area contributed by atoms with Gasteiger partial charge in [-0.05, 0) is 37.3 Å². The number of hydrogen-bond donors (Lipinski definition) is 2. The Morgan fingerprint density at radius 1 is 1.53 bits per heavy atom. The van der Waals surface area contributed by atoms with E-state index in [1.807, 2.05) is 18.3 Å². The molecule has 1 aromatic rings. The smallest absolute Gasteiger partial charge is 0.223 e. The van der Waals surface area contributed by atoms with E-state index in [4.69, 9.17) is 5.73 Å². The molecule has 1 amide bonds. The summed E-state index contributed by atoms with van der Waals surface area (Å²) in [5, 5.41) is 2.97. The second-order valence-electron chi connectivity index (χ2n) is 4.67. The maximum Gasteiger partial charge on any atom is 0.223 e. The number of nitrogens with one attached hydrogen (secondary N) is 1. The minimum atomic E-state index is 0.124. The van der Waals surface area contributed by atoms with E-state index in [1.54, 1.807) is 6.20 Å². The third kappa shape index (κ3) is 3.53. The Morgan fingerprint density at radius 3 is 3.06 bits per heavy atom. The van der Waals surface area contributed by atoms with Crippen LogP contribution in [0.25, 0.3) is 0 Å². The number of rotatable bonds is 4. The average Bonchev–Trinajstić information content (AvgIpc) is 2.77. The fourth-order valence-electron chi connectivity index (χ4n) is 2.27. The van der Waals surface area contributed by atoms with Gasteiger partial charge in [-0.1, -0.05) is 6.07 Å². The normalized spacial score (nSPS) is 23.6. The Labute approximate surface area is 102 Å². The Balaban J connectivity index is 1.70. The summed E-state index contributed by atoms with van der Waals surface area (Å²) in [5.41, 5.74) is 6.94. The number of pyridine rings is 1. The second-order valence-corrected chi connectivity index (χ2v) is 4.67. The molecule has 0 aromatic carbocycles. The summed E-state index contributed by atoms with van der Waals surface area (Å²) in [6, 6.07) is 4.14. The van der Waals surface area contributed by atoms with E-state index < -0.39 is 0 Å². The van der Waals surface area contributed by atoms with Gasteiger partial charge in [-0.2, -0.15) is 0 Å². The van der Waals surface area contributed by atoms with E-state index in [2.05, 4.69) is 10.3 Å². The molecule has 1 aliphatic carbocycles. The van der Waals surface area contributed by atoms with Crippen LogP contribution in [0, 0.1) is 5.92 Å². The van der Waals surface area contributed by atoms with E-state index in [1.165, 1.54) is 0 Å². The van der Waals surface area contributed by atoms with Crippen LogP contribution < -0.4 is 11.1 Å². The van der Waals surface area contributed by atoms with Crippen molar-refractivity contribution in [3.8, 4) is 0 Å². The van der Waals surface area contributed by atoms with Crippen molar-refractivity contribution in [3.63, 3.8) is 0 Å². The number of aromatic nitrogens is 1. The molecule has 1 aliphatic rings. The van der Waals surface area contributed by atoms with Gasteiger partial charge >= 0.3 is 0 Å². The highest BCUT2D eigenvalue weighted by atomic mass is 16.1. The average molecular weight is 233 g/mol. The molecule has 4 heteroatoms. The van der Waals surface area contributed by atoms with Gasteiger partial charge in [0.2, 0.25) is 5.91 Å². The van der Waals surface area contributed by atoms with Gasteiger partial charge in [0.15, 0.2) is 0 Å². The lowest BCUT2D eigenvalue weighted by Crippen LogP contribution is -2.31. The van der Waals surface area contributed by atoms with E-state index in [0.29, 0.717) is 6.54 Å². The highest BCUT2D eigenvalue weighted by molar-refractivity contribution is 5.78. The SMILES string of the molecule is NC1CCC(C(=O)NCCc2cccnc2)C1. The van der Waals surface area contributed by atoms with Crippen LogP contribution in [0.3, 0.4) is 0 Å². The maximum atomic E-state index is 11.8.